The van der Waals surface area contributed by atoms with Crippen LogP contribution in [0.2, 0.25) is 0 Å². The van der Waals surface area contributed by atoms with Crippen molar-refractivity contribution in [3.63, 3.8) is 0 Å². The number of piperidine rings is 1. The summed E-state index contributed by atoms with van der Waals surface area (Å²) in [6, 6.07) is 17.8. The van der Waals surface area contributed by atoms with Gasteiger partial charge in [-0.3, -0.25) is 9.58 Å². The van der Waals surface area contributed by atoms with Crippen LogP contribution in [0, 0.1) is 0 Å². The van der Waals surface area contributed by atoms with Crippen LogP contribution in [0.15, 0.2) is 71.6 Å². The lowest BCUT2D eigenvalue weighted by Crippen LogP contribution is -2.52. The fourth-order valence-electron chi connectivity index (χ4n) is 6.99. The SMILES string of the molecule is COc1cc(N2CCN(C3CCNCC3)CC2)c(-c2cnn(C)c2)cc1Nc1ncc(Br)c(Nc2ccc3ccccc3c2P(C)C)n1.Cl. The molecule has 2 fully saturated rings. The normalized spacial score (nSPS) is 15.8. The Bertz CT molecular complexity index is 1910. The molecule has 13 heteroatoms. The molecule has 4 heterocycles. The molecule has 2 saturated heterocycles. The summed E-state index contributed by atoms with van der Waals surface area (Å²) in [5.74, 6) is 1.89. The van der Waals surface area contributed by atoms with Gasteiger partial charge >= 0.3 is 0 Å². The van der Waals surface area contributed by atoms with E-state index < -0.39 is 0 Å². The Kier molecular flexibility index (Phi) is 11.3. The van der Waals surface area contributed by atoms with Gasteiger partial charge in [0.1, 0.15) is 11.6 Å². The summed E-state index contributed by atoms with van der Waals surface area (Å²) in [6.45, 7) is 10.8. The van der Waals surface area contributed by atoms with Crippen molar-refractivity contribution in [1.82, 2.24) is 30.0 Å². The number of anilines is 5. The van der Waals surface area contributed by atoms with E-state index in [-0.39, 0.29) is 20.3 Å². The van der Waals surface area contributed by atoms with E-state index in [1.54, 1.807) is 13.3 Å². The predicted molar refractivity (Wildman–Crippen MR) is 211 cm³/mol. The average Bonchev–Trinajstić information content (AvgIpc) is 3.55. The summed E-state index contributed by atoms with van der Waals surface area (Å²) >= 11 is 3.68. The van der Waals surface area contributed by atoms with Gasteiger partial charge in [0, 0.05) is 85.5 Å². The number of hydrogen-bond donors (Lipinski definition) is 3. The first-order valence-corrected chi connectivity index (χ1v) is 19.6. The molecule has 5 aromatic rings. The minimum Gasteiger partial charge on any atom is -0.494 e. The second-order valence-electron chi connectivity index (χ2n) is 12.7. The minimum atomic E-state index is -0.385. The molecule has 10 nitrogen and oxygen atoms in total. The number of benzene rings is 3. The molecule has 0 unspecified atom stereocenters. The summed E-state index contributed by atoms with van der Waals surface area (Å²) < 4.78 is 8.62. The number of fused-ring (bicyclic) bond motifs is 1. The first-order valence-electron chi connectivity index (χ1n) is 16.5. The zero-order chi connectivity index (χ0) is 33.2. The van der Waals surface area contributed by atoms with Crippen LogP contribution >= 0.6 is 36.3 Å². The third-order valence-corrected chi connectivity index (χ3v) is 11.4. The second kappa shape index (κ2) is 15.6. The lowest BCUT2D eigenvalue weighted by Gasteiger charge is -2.42. The number of piperazine rings is 1. The summed E-state index contributed by atoms with van der Waals surface area (Å²) in [6.07, 6.45) is 8.23. The van der Waals surface area contributed by atoms with Crippen LogP contribution < -0.4 is 30.9 Å². The van der Waals surface area contributed by atoms with E-state index in [0.717, 1.165) is 77.7 Å². The number of nitrogens with one attached hydrogen (secondary N) is 3. The monoisotopic (exact) mass is 763 g/mol. The first-order chi connectivity index (χ1) is 23.4. The fourth-order valence-corrected chi connectivity index (χ4v) is 8.58. The number of aromatic nitrogens is 4. The molecule has 3 aromatic carbocycles. The van der Waals surface area contributed by atoms with Crippen molar-refractivity contribution in [2.24, 2.45) is 7.05 Å². The van der Waals surface area contributed by atoms with Crippen molar-refractivity contribution in [3.8, 4) is 16.9 Å². The summed E-state index contributed by atoms with van der Waals surface area (Å²) in [7, 11) is 3.28. The molecular formula is C36H44BrClN9OP. The van der Waals surface area contributed by atoms with Gasteiger partial charge in [-0.2, -0.15) is 10.1 Å². The Hall–Kier alpha value is -3.47. The number of ether oxygens (including phenoxy) is 1. The van der Waals surface area contributed by atoms with E-state index in [1.807, 2.05) is 17.9 Å². The Labute approximate surface area is 304 Å². The Balaban J connectivity index is 0.00000417. The molecule has 0 spiro atoms. The highest BCUT2D eigenvalue weighted by Crippen LogP contribution is 2.41. The smallest absolute Gasteiger partial charge is 0.229 e. The molecule has 0 radical (unpaired) electrons. The van der Waals surface area contributed by atoms with Gasteiger partial charge in [-0.05, 0) is 78.1 Å². The maximum Gasteiger partial charge on any atom is 0.229 e. The number of methoxy groups -OCH3 is 1. The third-order valence-electron chi connectivity index (χ3n) is 9.41. The third kappa shape index (κ3) is 7.66. The van der Waals surface area contributed by atoms with Crippen LogP contribution in [0.5, 0.6) is 5.75 Å². The molecular weight excluding hydrogens is 721 g/mol. The van der Waals surface area contributed by atoms with Crippen molar-refractivity contribution in [3.05, 3.63) is 71.6 Å². The number of hydrogen-bond acceptors (Lipinski definition) is 9. The molecule has 2 aliphatic rings. The van der Waals surface area contributed by atoms with E-state index in [0.29, 0.717) is 17.8 Å². The highest BCUT2D eigenvalue weighted by Gasteiger charge is 2.27. The van der Waals surface area contributed by atoms with Gasteiger partial charge in [0.25, 0.3) is 0 Å². The van der Waals surface area contributed by atoms with Gasteiger partial charge in [-0.15, -0.1) is 12.4 Å². The predicted octanol–water partition coefficient (Wildman–Crippen LogP) is 6.95. The van der Waals surface area contributed by atoms with Crippen molar-refractivity contribution >= 4 is 81.2 Å². The topological polar surface area (TPSA) is 95.4 Å². The summed E-state index contributed by atoms with van der Waals surface area (Å²) in [5, 5.41) is 18.9. The molecule has 0 bridgehead atoms. The van der Waals surface area contributed by atoms with Gasteiger partial charge in [0.2, 0.25) is 5.95 Å². The summed E-state index contributed by atoms with van der Waals surface area (Å²) in [5.41, 5.74) is 5.14. The Morgan fingerprint density at radius 3 is 2.45 bits per heavy atom. The average molecular weight is 765 g/mol. The largest absolute Gasteiger partial charge is 0.494 e. The van der Waals surface area contributed by atoms with Gasteiger partial charge < -0.3 is 25.6 Å². The van der Waals surface area contributed by atoms with Crippen molar-refractivity contribution < 1.29 is 4.74 Å². The number of rotatable bonds is 9. The zero-order valence-corrected chi connectivity index (χ0v) is 31.7. The number of nitrogens with zero attached hydrogens (tertiary/aromatic N) is 6. The molecule has 0 saturated carbocycles. The molecule has 258 valence electrons. The van der Waals surface area contributed by atoms with Crippen molar-refractivity contribution in [2.45, 2.75) is 18.9 Å². The first kappa shape index (κ1) is 35.4. The van der Waals surface area contributed by atoms with E-state index >= 15 is 0 Å². The number of halogens is 2. The maximum atomic E-state index is 5.99. The lowest BCUT2D eigenvalue weighted by atomic mass is 10.0. The van der Waals surface area contributed by atoms with Gasteiger partial charge in [0.05, 0.1) is 23.5 Å². The zero-order valence-electron chi connectivity index (χ0n) is 28.4. The quantitative estimate of drug-likeness (QED) is 0.138. The molecule has 7 rings (SSSR count). The van der Waals surface area contributed by atoms with E-state index in [4.69, 9.17) is 9.72 Å². The van der Waals surface area contributed by atoms with E-state index in [1.165, 1.54) is 28.9 Å². The van der Waals surface area contributed by atoms with Crippen LogP contribution in [0.25, 0.3) is 21.9 Å². The van der Waals surface area contributed by atoms with Crippen LogP contribution in [0.1, 0.15) is 12.8 Å². The van der Waals surface area contributed by atoms with E-state index in [9.17, 15) is 0 Å². The van der Waals surface area contributed by atoms with Gasteiger partial charge in [-0.1, -0.05) is 38.3 Å². The van der Waals surface area contributed by atoms with Crippen molar-refractivity contribution in [1.29, 1.82) is 0 Å². The highest BCUT2D eigenvalue weighted by molar-refractivity contribution is 9.10. The second-order valence-corrected chi connectivity index (χ2v) is 15.8. The highest BCUT2D eigenvalue weighted by atomic mass is 79.9. The Morgan fingerprint density at radius 1 is 0.959 bits per heavy atom. The van der Waals surface area contributed by atoms with Gasteiger partial charge in [-0.25, -0.2) is 4.98 Å². The van der Waals surface area contributed by atoms with Crippen LogP contribution in [-0.2, 0) is 7.05 Å². The number of aryl methyl sites for hydroxylation is 1. The van der Waals surface area contributed by atoms with E-state index in [2.05, 4.69) is 120 Å². The lowest BCUT2D eigenvalue weighted by molar-refractivity contribution is 0.153. The van der Waals surface area contributed by atoms with Crippen molar-refractivity contribution in [2.75, 3.05) is 75.2 Å². The molecule has 0 aliphatic carbocycles. The fraction of sp³-hybridized carbons (Fsp3) is 0.361. The minimum absolute atomic E-state index is 0. The van der Waals surface area contributed by atoms with Gasteiger partial charge in [0.15, 0.2) is 0 Å². The van der Waals surface area contributed by atoms with Crippen LogP contribution in [0.3, 0.4) is 0 Å². The molecule has 3 N–H and O–H groups in total. The molecule has 2 aliphatic heterocycles. The summed E-state index contributed by atoms with van der Waals surface area (Å²) in [4.78, 5) is 14.7. The standard InChI is InChI=1S/C36H43BrN9OP.ClH/c1-44-23-25(21-40-44)28-19-31(33(47-2)20-32(28)46-17-15-45(16-18-46)26-11-13-38-14-12-26)42-36-39-22-29(37)35(43-36)41-30-10-9-24-7-5-6-8-27(24)34(30)48(3)4;/h5-10,19-23,26,38H,11-18H2,1-4H3,(H2,39,41,42,43);1H. The maximum absolute atomic E-state index is 5.99. The molecule has 49 heavy (non-hydrogen) atoms. The van der Waals surface area contributed by atoms with Crippen LogP contribution in [0.4, 0.5) is 28.8 Å². The van der Waals surface area contributed by atoms with Crippen LogP contribution in [-0.4, -0.2) is 90.4 Å². The molecule has 0 amide bonds. The molecule has 0 atom stereocenters. The Morgan fingerprint density at radius 2 is 1.73 bits per heavy atom. The molecule has 2 aromatic heterocycles.